The number of fused-ring (bicyclic) bond motifs is 1. The molecule has 1 aromatic rings. The van der Waals surface area contributed by atoms with Gasteiger partial charge in [-0.25, -0.2) is 0 Å². The first-order valence-corrected chi connectivity index (χ1v) is 6.27. The zero-order chi connectivity index (χ0) is 14.6. The van der Waals surface area contributed by atoms with Crippen LogP contribution in [0.1, 0.15) is 18.5 Å². The summed E-state index contributed by atoms with van der Waals surface area (Å²) < 4.78 is 50.6. The predicted molar refractivity (Wildman–Crippen MR) is 65.9 cm³/mol. The van der Waals surface area contributed by atoms with Crippen LogP contribution in [0.3, 0.4) is 0 Å². The first-order chi connectivity index (χ1) is 9.49. The number of hydrogen-bond donors (Lipinski definition) is 1. The summed E-state index contributed by atoms with van der Waals surface area (Å²) in [7, 11) is 0. The van der Waals surface area contributed by atoms with Crippen molar-refractivity contribution in [2.75, 3.05) is 26.6 Å². The zero-order valence-corrected chi connectivity index (χ0v) is 11.0. The third-order valence-corrected chi connectivity index (χ3v) is 2.79. The molecule has 112 valence electrons. The number of hydrogen-bond acceptors (Lipinski definition) is 4. The largest absolute Gasteiger partial charge is 0.491 e. The van der Waals surface area contributed by atoms with Gasteiger partial charge in [0.15, 0.2) is 6.79 Å². The van der Waals surface area contributed by atoms with Crippen LogP contribution in [0.4, 0.5) is 13.2 Å². The summed E-state index contributed by atoms with van der Waals surface area (Å²) in [6.07, 6.45) is -4.34. The Bertz CT molecular complexity index is 451. The summed E-state index contributed by atoms with van der Waals surface area (Å²) >= 11 is 0. The van der Waals surface area contributed by atoms with Gasteiger partial charge in [-0.05, 0) is 18.7 Å². The van der Waals surface area contributed by atoms with E-state index in [1.807, 2.05) is 13.0 Å². The molecule has 0 spiro atoms. The molecule has 1 N–H and O–H groups in total. The average molecular weight is 291 g/mol. The quantitative estimate of drug-likeness (QED) is 0.646. The first kappa shape index (κ1) is 14.9. The number of rotatable bonds is 6. The molecule has 0 saturated carbocycles. The van der Waals surface area contributed by atoms with Crippen molar-refractivity contribution in [2.45, 2.75) is 19.1 Å². The molecule has 0 saturated heterocycles. The number of benzene rings is 1. The Morgan fingerprint density at radius 2 is 2.20 bits per heavy atom. The molecule has 7 heteroatoms. The molecule has 0 aliphatic carbocycles. The maximum atomic E-state index is 11.9. The van der Waals surface area contributed by atoms with E-state index < -0.39 is 19.6 Å². The molecule has 4 nitrogen and oxygen atoms in total. The molecule has 2 rings (SSSR count). The second kappa shape index (κ2) is 6.32. The van der Waals surface area contributed by atoms with Gasteiger partial charge in [-0.15, -0.1) is 0 Å². The minimum Gasteiger partial charge on any atom is -0.491 e. The van der Waals surface area contributed by atoms with Crippen molar-refractivity contribution in [1.29, 1.82) is 0 Å². The van der Waals surface area contributed by atoms with Crippen LogP contribution in [-0.4, -0.2) is 32.7 Å². The maximum Gasteiger partial charge on any atom is 0.411 e. The van der Waals surface area contributed by atoms with E-state index >= 15 is 0 Å². The molecule has 0 aromatic heterocycles. The first-order valence-electron chi connectivity index (χ1n) is 6.27. The average Bonchev–Trinajstić information content (AvgIpc) is 2.77. The van der Waals surface area contributed by atoms with Crippen molar-refractivity contribution in [1.82, 2.24) is 5.32 Å². The summed E-state index contributed by atoms with van der Waals surface area (Å²) in [5, 5.41) is 3.27. The van der Waals surface area contributed by atoms with Crippen molar-refractivity contribution in [3.05, 3.63) is 23.8 Å². The van der Waals surface area contributed by atoms with Crippen molar-refractivity contribution in [3.8, 4) is 11.5 Å². The molecule has 0 amide bonds. The molecule has 1 heterocycles. The highest BCUT2D eigenvalue weighted by atomic mass is 19.4. The monoisotopic (exact) mass is 291 g/mol. The van der Waals surface area contributed by atoms with Crippen molar-refractivity contribution < 1.29 is 27.4 Å². The fourth-order valence-corrected chi connectivity index (χ4v) is 1.96. The van der Waals surface area contributed by atoms with Crippen LogP contribution in [-0.2, 0) is 4.74 Å². The lowest BCUT2D eigenvalue weighted by atomic mass is 10.1. The summed E-state index contributed by atoms with van der Waals surface area (Å²) in [5.74, 6) is 1.10. The van der Waals surface area contributed by atoms with Crippen LogP contribution in [0.15, 0.2) is 18.2 Å². The number of likely N-dealkylation sites (N-methyl/N-ethyl adjacent to an activating group) is 1. The zero-order valence-electron chi connectivity index (χ0n) is 11.0. The van der Waals surface area contributed by atoms with Gasteiger partial charge in [0.25, 0.3) is 0 Å². The Hall–Kier alpha value is -1.47. The van der Waals surface area contributed by atoms with Crippen LogP contribution >= 0.6 is 0 Å². The molecule has 1 atom stereocenters. The molecular formula is C13H16F3NO3. The Kier molecular flexibility index (Phi) is 4.72. The number of halogens is 3. The molecule has 0 fully saturated rings. The summed E-state index contributed by atoms with van der Waals surface area (Å²) in [6.45, 7) is 1.60. The van der Waals surface area contributed by atoms with Crippen molar-refractivity contribution in [2.24, 2.45) is 0 Å². The number of nitrogens with one attached hydrogen (secondary N) is 1. The molecule has 1 aliphatic rings. The lowest BCUT2D eigenvalue weighted by Gasteiger charge is -2.11. The predicted octanol–water partition coefficient (Wildman–Crippen LogP) is 2.64. The molecular weight excluding hydrogens is 275 g/mol. The molecule has 20 heavy (non-hydrogen) atoms. The van der Waals surface area contributed by atoms with Gasteiger partial charge in [-0.3, -0.25) is 0 Å². The Labute approximate surface area is 114 Å². The van der Waals surface area contributed by atoms with E-state index in [4.69, 9.17) is 9.47 Å². The third-order valence-electron chi connectivity index (χ3n) is 2.79. The summed E-state index contributed by atoms with van der Waals surface area (Å²) in [6, 6.07) is 5.33. The van der Waals surface area contributed by atoms with E-state index in [1.165, 1.54) is 0 Å². The minimum atomic E-state index is -4.34. The minimum absolute atomic E-state index is 0.144. The molecule has 1 unspecified atom stereocenters. The van der Waals surface area contributed by atoms with Gasteiger partial charge in [0, 0.05) is 11.6 Å². The maximum absolute atomic E-state index is 11.9. The van der Waals surface area contributed by atoms with Crippen LogP contribution in [0.2, 0.25) is 0 Å². The topological polar surface area (TPSA) is 39.7 Å². The van der Waals surface area contributed by atoms with Gasteiger partial charge in [0.05, 0.1) is 6.04 Å². The molecule has 0 bridgehead atoms. The Morgan fingerprint density at radius 1 is 1.40 bits per heavy atom. The van der Waals surface area contributed by atoms with Crippen molar-refractivity contribution in [3.63, 3.8) is 0 Å². The summed E-state index contributed by atoms with van der Waals surface area (Å²) in [5.41, 5.74) is 1.02. The van der Waals surface area contributed by atoms with Crippen LogP contribution in [0.25, 0.3) is 0 Å². The molecule has 1 aliphatic heterocycles. The van der Waals surface area contributed by atoms with Gasteiger partial charge in [0.2, 0.25) is 0 Å². The van der Waals surface area contributed by atoms with Crippen LogP contribution in [0.5, 0.6) is 11.5 Å². The lowest BCUT2D eigenvalue weighted by Crippen LogP contribution is -2.21. The van der Waals surface area contributed by atoms with Gasteiger partial charge in [-0.1, -0.05) is 6.92 Å². The van der Waals surface area contributed by atoms with Crippen LogP contribution < -0.4 is 14.8 Å². The van der Waals surface area contributed by atoms with E-state index in [0.717, 1.165) is 12.1 Å². The molecule has 0 radical (unpaired) electrons. The lowest BCUT2D eigenvalue weighted by molar-refractivity contribution is -0.186. The fraction of sp³-hybridized carbons (Fsp3) is 0.538. The third kappa shape index (κ3) is 4.01. The van der Waals surface area contributed by atoms with Crippen LogP contribution in [0, 0.1) is 0 Å². The fourth-order valence-electron chi connectivity index (χ4n) is 1.96. The van der Waals surface area contributed by atoms with Gasteiger partial charge in [-0.2, -0.15) is 13.2 Å². The SMILES string of the molecule is CCNC1COc2cc(OCOCC(F)(F)F)ccc21. The number of alkyl halides is 3. The van der Waals surface area contributed by atoms with E-state index in [0.29, 0.717) is 18.1 Å². The van der Waals surface area contributed by atoms with Gasteiger partial charge < -0.3 is 19.5 Å². The standard InChI is InChI=1S/C13H16F3NO3/c1-2-17-11-6-19-12-5-9(3-4-10(11)12)20-8-18-7-13(14,15)16/h3-5,11,17H,2,6-8H2,1H3. The van der Waals surface area contributed by atoms with E-state index in [9.17, 15) is 13.2 Å². The smallest absolute Gasteiger partial charge is 0.411 e. The second-order valence-corrected chi connectivity index (χ2v) is 4.35. The highest BCUT2D eigenvalue weighted by Crippen LogP contribution is 2.35. The van der Waals surface area contributed by atoms with Gasteiger partial charge in [0.1, 0.15) is 24.7 Å². The highest BCUT2D eigenvalue weighted by molar-refractivity contribution is 5.44. The normalized spacial score (nSPS) is 17.7. The Balaban J connectivity index is 1.86. The summed E-state index contributed by atoms with van der Waals surface area (Å²) in [4.78, 5) is 0. The number of ether oxygens (including phenoxy) is 3. The van der Waals surface area contributed by atoms with E-state index in [2.05, 4.69) is 10.1 Å². The Morgan fingerprint density at radius 3 is 2.90 bits per heavy atom. The van der Waals surface area contributed by atoms with Crippen molar-refractivity contribution >= 4 is 0 Å². The van der Waals surface area contributed by atoms with E-state index in [-0.39, 0.29) is 6.04 Å². The second-order valence-electron chi connectivity index (χ2n) is 4.35. The molecule has 1 aromatic carbocycles. The van der Waals surface area contributed by atoms with E-state index in [1.54, 1.807) is 12.1 Å². The van der Waals surface area contributed by atoms with Gasteiger partial charge >= 0.3 is 6.18 Å². The highest BCUT2D eigenvalue weighted by Gasteiger charge is 2.27.